The van der Waals surface area contributed by atoms with Gasteiger partial charge >= 0.3 is 0 Å². The van der Waals surface area contributed by atoms with E-state index in [1.807, 2.05) is 0 Å². The van der Waals surface area contributed by atoms with E-state index in [0.29, 0.717) is 0 Å². The van der Waals surface area contributed by atoms with Crippen LogP contribution in [-0.2, 0) is 10.8 Å². The van der Waals surface area contributed by atoms with E-state index in [4.69, 9.17) is 4.98 Å². The molecule has 0 amide bonds. The number of para-hydroxylation sites is 1. The second-order valence-corrected chi connectivity index (χ2v) is 17.2. The highest BCUT2D eigenvalue weighted by Gasteiger charge is 2.23. The smallest absolute Gasteiger partial charge is 0.0794 e. The fraction of sp³-hybridized carbons (Fsp3) is 0.145. The van der Waals surface area contributed by atoms with Crippen LogP contribution >= 0.6 is 0 Å². The monoisotopic (exact) mass is 721 g/mol. The topological polar surface area (TPSA) is 12.9 Å². The summed E-state index contributed by atoms with van der Waals surface area (Å²) in [5.41, 5.74) is 15.4. The molecule has 56 heavy (non-hydrogen) atoms. The van der Waals surface area contributed by atoms with Gasteiger partial charge in [-0.3, -0.25) is 0 Å². The molecule has 0 bridgehead atoms. The molecule has 0 saturated carbocycles. The van der Waals surface area contributed by atoms with Crippen molar-refractivity contribution >= 4 is 32.4 Å². The zero-order chi connectivity index (χ0) is 38.6. The third-order valence-electron chi connectivity index (χ3n) is 11.3. The van der Waals surface area contributed by atoms with Crippen molar-refractivity contribution in [2.75, 3.05) is 0 Å². The minimum absolute atomic E-state index is 0.00559. The van der Waals surface area contributed by atoms with Crippen molar-refractivity contribution in [3.63, 3.8) is 0 Å². The van der Waals surface area contributed by atoms with Crippen LogP contribution in [0.15, 0.2) is 176 Å². The third kappa shape index (κ3) is 6.38. The Labute approximate surface area is 331 Å². The first kappa shape index (κ1) is 35.4. The van der Waals surface area contributed by atoms with Crippen molar-refractivity contribution < 1.29 is 0 Å². The lowest BCUT2D eigenvalue weighted by atomic mass is 9.79. The van der Waals surface area contributed by atoms with E-state index < -0.39 is 0 Å². The summed E-state index contributed by atoms with van der Waals surface area (Å²) in [4.78, 5) is 5.60. The molecule has 8 aromatic carbocycles. The van der Waals surface area contributed by atoms with Crippen LogP contribution in [0.25, 0.3) is 88.2 Å². The van der Waals surface area contributed by atoms with E-state index >= 15 is 0 Å². The lowest BCUT2D eigenvalue weighted by Crippen LogP contribution is -2.16. The van der Waals surface area contributed by atoms with Crippen LogP contribution in [0.5, 0.6) is 0 Å². The Kier molecular flexibility index (Phi) is 8.70. The Morgan fingerprint density at radius 1 is 0.321 bits per heavy atom. The van der Waals surface area contributed by atoms with Crippen LogP contribution in [0.1, 0.15) is 52.7 Å². The summed E-state index contributed by atoms with van der Waals surface area (Å²) in [7, 11) is 0. The number of hydrogen-bond donors (Lipinski definition) is 0. The van der Waals surface area contributed by atoms with Crippen LogP contribution in [0.2, 0.25) is 0 Å². The van der Waals surface area contributed by atoms with Gasteiger partial charge in [0.2, 0.25) is 0 Å². The minimum Gasteiger partial charge on any atom is -0.247 e. The summed E-state index contributed by atoms with van der Waals surface area (Å²) in [5, 5.41) is 6.16. The maximum Gasteiger partial charge on any atom is 0.0794 e. The molecule has 0 aliphatic rings. The van der Waals surface area contributed by atoms with Crippen molar-refractivity contribution in [2.24, 2.45) is 0 Å². The van der Waals surface area contributed by atoms with Crippen LogP contribution < -0.4 is 0 Å². The molecule has 0 spiro atoms. The Morgan fingerprint density at radius 3 is 1.32 bits per heavy atom. The third-order valence-corrected chi connectivity index (χ3v) is 11.3. The fourth-order valence-electron chi connectivity index (χ4n) is 8.32. The number of benzene rings is 8. The molecule has 0 saturated heterocycles. The molecule has 0 aliphatic carbocycles. The van der Waals surface area contributed by atoms with Gasteiger partial charge < -0.3 is 0 Å². The molecule has 0 atom stereocenters. The first-order chi connectivity index (χ1) is 27.0. The zero-order valence-electron chi connectivity index (χ0n) is 33.2. The maximum absolute atomic E-state index is 5.60. The van der Waals surface area contributed by atoms with Crippen molar-refractivity contribution in [1.29, 1.82) is 0 Å². The van der Waals surface area contributed by atoms with Gasteiger partial charge in [0.15, 0.2) is 0 Å². The van der Waals surface area contributed by atoms with Gasteiger partial charge in [0.05, 0.1) is 11.2 Å². The molecule has 0 radical (unpaired) electrons. The van der Waals surface area contributed by atoms with E-state index in [-0.39, 0.29) is 10.8 Å². The molecule has 1 aromatic heterocycles. The van der Waals surface area contributed by atoms with Crippen LogP contribution in [0, 0.1) is 0 Å². The average molecular weight is 722 g/mol. The number of hydrogen-bond acceptors (Lipinski definition) is 1. The number of nitrogens with zero attached hydrogens (tertiary/aromatic N) is 1. The molecule has 9 rings (SSSR count). The highest BCUT2D eigenvalue weighted by molar-refractivity contribution is 6.21. The second kappa shape index (κ2) is 13.8. The average Bonchev–Trinajstić information content (AvgIpc) is 3.22. The van der Waals surface area contributed by atoms with Gasteiger partial charge in [0, 0.05) is 16.5 Å². The molecule has 1 heterocycles. The van der Waals surface area contributed by atoms with Gasteiger partial charge in [-0.2, -0.15) is 0 Å². The van der Waals surface area contributed by atoms with Crippen molar-refractivity contribution in [3.8, 4) is 55.8 Å². The van der Waals surface area contributed by atoms with E-state index in [2.05, 4.69) is 217 Å². The maximum atomic E-state index is 5.60. The highest BCUT2D eigenvalue weighted by atomic mass is 14.7. The van der Waals surface area contributed by atoms with E-state index in [1.54, 1.807) is 0 Å². The lowest BCUT2D eigenvalue weighted by molar-refractivity contribution is 0.569. The van der Waals surface area contributed by atoms with E-state index in [1.165, 1.54) is 66.1 Å². The standard InChI is InChI=1S/C55H47N/c1-54(2,3)41-32-40(33-42(34-41)55(4,5)6)50-35-49(36-19-9-7-10-20-36)48-30-18-29-43(53(48)56-50)38-23-17-24-39(31-38)52-46-27-15-13-25-44(46)51(37-21-11-8-12-22-37)45-26-14-16-28-47(45)52/h7-35H,1-6H3. The van der Waals surface area contributed by atoms with Crippen LogP contribution in [0.4, 0.5) is 0 Å². The Bertz CT molecular complexity index is 2810. The van der Waals surface area contributed by atoms with Crippen molar-refractivity contribution in [3.05, 3.63) is 187 Å². The van der Waals surface area contributed by atoms with Crippen LogP contribution in [0.3, 0.4) is 0 Å². The van der Waals surface area contributed by atoms with Gasteiger partial charge in [-0.1, -0.05) is 193 Å². The van der Waals surface area contributed by atoms with Gasteiger partial charge in [0.1, 0.15) is 0 Å². The molecule has 0 N–H and O–H groups in total. The molecule has 0 aliphatic heterocycles. The largest absolute Gasteiger partial charge is 0.247 e. The van der Waals surface area contributed by atoms with Gasteiger partial charge in [-0.05, 0) is 107 Å². The summed E-state index contributed by atoms with van der Waals surface area (Å²) in [5.74, 6) is 0. The molecular weight excluding hydrogens is 675 g/mol. The summed E-state index contributed by atoms with van der Waals surface area (Å²) < 4.78 is 0. The predicted molar refractivity (Wildman–Crippen MR) is 241 cm³/mol. The number of pyridine rings is 1. The molecule has 9 aromatic rings. The predicted octanol–water partition coefficient (Wildman–Crippen LogP) is 15.5. The normalized spacial score (nSPS) is 12.1. The number of rotatable bonds is 5. The van der Waals surface area contributed by atoms with Gasteiger partial charge in [0.25, 0.3) is 0 Å². The van der Waals surface area contributed by atoms with E-state index in [0.717, 1.165) is 33.3 Å². The highest BCUT2D eigenvalue weighted by Crippen LogP contribution is 2.45. The first-order valence-corrected chi connectivity index (χ1v) is 19.8. The molecule has 272 valence electrons. The summed E-state index contributed by atoms with van der Waals surface area (Å²) in [6, 6.07) is 64.5. The lowest BCUT2D eigenvalue weighted by Gasteiger charge is -2.26. The van der Waals surface area contributed by atoms with Gasteiger partial charge in [-0.15, -0.1) is 0 Å². The van der Waals surface area contributed by atoms with Crippen molar-refractivity contribution in [2.45, 2.75) is 52.4 Å². The number of aromatic nitrogens is 1. The SMILES string of the molecule is CC(C)(C)c1cc(-c2cc(-c3ccccc3)c3cccc(-c4cccc(-c5c6ccccc6c(-c6ccccc6)c6ccccc56)c4)c3n2)cc(C(C)(C)C)c1. The first-order valence-electron chi connectivity index (χ1n) is 19.8. The number of fused-ring (bicyclic) bond motifs is 3. The summed E-state index contributed by atoms with van der Waals surface area (Å²) >= 11 is 0. The molecule has 1 heteroatoms. The Morgan fingerprint density at radius 2 is 0.768 bits per heavy atom. The quantitative estimate of drug-likeness (QED) is 0.161. The Balaban J connectivity index is 1.30. The Hall–Kier alpha value is -6.31. The van der Waals surface area contributed by atoms with Crippen molar-refractivity contribution in [1.82, 2.24) is 4.98 Å². The second-order valence-electron chi connectivity index (χ2n) is 17.2. The summed E-state index contributed by atoms with van der Waals surface area (Å²) in [6.45, 7) is 13.8. The van der Waals surface area contributed by atoms with Gasteiger partial charge in [-0.25, -0.2) is 4.98 Å². The molecule has 1 nitrogen and oxygen atoms in total. The minimum atomic E-state index is -0.00559. The molecule has 0 fully saturated rings. The zero-order valence-corrected chi connectivity index (χ0v) is 33.2. The molecule has 0 unspecified atom stereocenters. The molecular formula is C55H47N. The van der Waals surface area contributed by atoms with Crippen LogP contribution in [-0.4, -0.2) is 4.98 Å². The van der Waals surface area contributed by atoms with E-state index in [9.17, 15) is 0 Å². The summed E-state index contributed by atoms with van der Waals surface area (Å²) in [6.07, 6.45) is 0. The fourth-order valence-corrected chi connectivity index (χ4v) is 8.32.